The van der Waals surface area contributed by atoms with Crippen LogP contribution in [0, 0.1) is 11.8 Å². The maximum atomic E-state index is 9.65. The zero-order valence-corrected chi connectivity index (χ0v) is 9.11. The molecule has 2 heteroatoms. The lowest BCUT2D eigenvalue weighted by Gasteiger charge is -2.27. The minimum absolute atomic E-state index is 0.186. The Labute approximate surface area is 86.6 Å². The smallest absolute Gasteiger partial charge is 0.0801 e. The second-order valence-corrected chi connectivity index (χ2v) is 5.12. The van der Waals surface area contributed by atoms with E-state index in [-0.39, 0.29) is 6.10 Å². The third-order valence-electron chi connectivity index (χ3n) is 3.63. The van der Waals surface area contributed by atoms with Crippen molar-refractivity contribution in [1.29, 1.82) is 0 Å². The van der Waals surface area contributed by atoms with Gasteiger partial charge in [-0.1, -0.05) is 6.92 Å². The van der Waals surface area contributed by atoms with Crippen LogP contribution in [0.25, 0.3) is 0 Å². The van der Waals surface area contributed by atoms with Crippen molar-refractivity contribution < 1.29 is 9.84 Å². The number of ether oxygens (including phenoxy) is 1. The van der Waals surface area contributed by atoms with Crippen LogP contribution in [0.15, 0.2) is 0 Å². The van der Waals surface area contributed by atoms with Gasteiger partial charge in [0.2, 0.25) is 0 Å². The van der Waals surface area contributed by atoms with Gasteiger partial charge in [-0.3, -0.25) is 0 Å². The van der Waals surface area contributed by atoms with Gasteiger partial charge in [-0.2, -0.15) is 0 Å². The number of rotatable bonds is 4. The molecule has 0 aliphatic heterocycles. The Morgan fingerprint density at radius 1 is 1.14 bits per heavy atom. The average Bonchev–Trinajstić information content (AvgIpc) is 3.00. The Hall–Kier alpha value is -0.0800. The lowest BCUT2D eigenvalue weighted by molar-refractivity contribution is -0.0346. The average molecular weight is 198 g/mol. The molecule has 1 N–H and O–H groups in total. The summed E-state index contributed by atoms with van der Waals surface area (Å²) in [6.07, 6.45) is 7.62. The Balaban J connectivity index is 1.60. The first-order valence-electron chi connectivity index (χ1n) is 6.05. The number of hydrogen-bond donors (Lipinski definition) is 1. The second kappa shape index (κ2) is 4.63. The van der Waals surface area contributed by atoms with E-state index in [0.29, 0.717) is 18.6 Å². The highest BCUT2D eigenvalue weighted by molar-refractivity contribution is 4.81. The fourth-order valence-corrected chi connectivity index (χ4v) is 2.25. The zero-order chi connectivity index (χ0) is 9.97. The van der Waals surface area contributed by atoms with E-state index in [9.17, 15) is 5.11 Å². The SMILES string of the molecule is C[C@H]1CC[C@H](OCC(O)C2CC2)CC1. The highest BCUT2D eigenvalue weighted by atomic mass is 16.5. The molecule has 0 saturated heterocycles. The summed E-state index contributed by atoms with van der Waals surface area (Å²) in [6.45, 7) is 2.89. The van der Waals surface area contributed by atoms with Crippen molar-refractivity contribution in [3.8, 4) is 0 Å². The molecule has 2 aliphatic carbocycles. The van der Waals surface area contributed by atoms with Crippen LogP contribution >= 0.6 is 0 Å². The molecule has 14 heavy (non-hydrogen) atoms. The van der Waals surface area contributed by atoms with Crippen LogP contribution in [-0.4, -0.2) is 23.9 Å². The van der Waals surface area contributed by atoms with E-state index in [1.807, 2.05) is 0 Å². The third kappa shape index (κ3) is 2.96. The molecule has 0 bridgehead atoms. The molecule has 2 saturated carbocycles. The molecule has 1 unspecified atom stereocenters. The lowest BCUT2D eigenvalue weighted by Crippen LogP contribution is -2.26. The van der Waals surface area contributed by atoms with Crippen molar-refractivity contribution in [3.63, 3.8) is 0 Å². The Kier molecular flexibility index (Phi) is 3.45. The molecule has 0 amide bonds. The van der Waals surface area contributed by atoms with Gasteiger partial charge in [-0.15, -0.1) is 0 Å². The van der Waals surface area contributed by atoms with Gasteiger partial charge >= 0.3 is 0 Å². The van der Waals surface area contributed by atoms with E-state index in [2.05, 4.69) is 6.92 Å². The molecular formula is C12H22O2. The van der Waals surface area contributed by atoms with Crippen LogP contribution < -0.4 is 0 Å². The van der Waals surface area contributed by atoms with Gasteiger partial charge in [0, 0.05) is 0 Å². The molecule has 2 aliphatic rings. The van der Waals surface area contributed by atoms with Crippen LogP contribution in [0.2, 0.25) is 0 Å². The maximum Gasteiger partial charge on any atom is 0.0801 e. The normalized spacial score (nSPS) is 35.6. The van der Waals surface area contributed by atoms with Crippen molar-refractivity contribution in [2.45, 2.75) is 57.7 Å². The molecule has 82 valence electrons. The molecule has 0 aromatic rings. The molecule has 0 aromatic heterocycles. The molecule has 0 radical (unpaired) electrons. The Morgan fingerprint density at radius 3 is 2.36 bits per heavy atom. The van der Waals surface area contributed by atoms with Crippen LogP contribution in [0.5, 0.6) is 0 Å². The molecule has 2 rings (SSSR count). The molecule has 2 fully saturated rings. The van der Waals surface area contributed by atoms with Crippen molar-refractivity contribution in [1.82, 2.24) is 0 Å². The van der Waals surface area contributed by atoms with E-state index in [1.165, 1.54) is 38.5 Å². The maximum absolute atomic E-state index is 9.65. The summed E-state index contributed by atoms with van der Waals surface area (Å²) in [7, 11) is 0. The van der Waals surface area contributed by atoms with Crippen molar-refractivity contribution in [2.75, 3.05) is 6.61 Å². The first kappa shape index (κ1) is 10.4. The van der Waals surface area contributed by atoms with Crippen LogP contribution in [0.1, 0.15) is 45.4 Å². The summed E-state index contributed by atoms with van der Waals surface area (Å²) in [5.41, 5.74) is 0. The summed E-state index contributed by atoms with van der Waals surface area (Å²) in [5.74, 6) is 1.43. The topological polar surface area (TPSA) is 29.5 Å². The summed E-state index contributed by atoms with van der Waals surface area (Å²) < 4.78 is 5.74. The van der Waals surface area contributed by atoms with Gasteiger partial charge in [0.25, 0.3) is 0 Å². The molecule has 0 spiro atoms. The van der Waals surface area contributed by atoms with Gasteiger partial charge in [-0.05, 0) is 50.4 Å². The minimum Gasteiger partial charge on any atom is -0.390 e. The number of aliphatic hydroxyl groups excluding tert-OH is 1. The second-order valence-electron chi connectivity index (χ2n) is 5.12. The Bertz CT molecular complexity index is 169. The van der Waals surface area contributed by atoms with Gasteiger partial charge < -0.3 is 9.84 Å². The predicted octanol–water partition coefficient (Wildman–Crippen LogP) is 2.35. The first-order valence-corrected chi connectivity index (χ1v) is 6.05. The fourth-order valence-electron chi connectivity index (χ4n) is 2.25. The molecule has 0 heterocycles. The van der Waals surface area contributed by atoms with Gasteiger partial charge in [0.05, 0.1) is 18.8 Å². The molecule has 0 aromatic carbocycles. The van der Waals surface area contributed by atoms with Crippen LogP contribution in [0.4, 0.5) is 0 Å². The number of hydrogen-bond acceptors (Lipinski definition) is 2. The van der Waals surface area contributed by atoms with Crippen LogP contribution in [0.3, 0.4) is 0 Å². The van der Waals surface area contributed by atoms with E-state index >= 15 is 0 Å². The van der Waals surface area contributed by atoms with Crippen molar-refractivity contribution in [3.05, 3.63) is 0 Å². The quantitative estimate of drug-likeness (QED) is 0.751. The highest BCUT2D eigenvalue weighted by Gasteiger charge is 2.30. The fraction of sp³-hybridized carbons (Fsp3) is 1.00. The lowest BCUT2D eigenvalue weighted by atomic mass is 9.89. The van der Waals surface area contributed by atoms with E-state index in [1.54, 1.807) is 0 Å². The molecule has 1 atom stereocenters. The minimum atomic E-state index is -0.186. The van der Waals surface area contributed by atoms with E-state index < -0.39 is 0 Å². The summed E-state index contributed by atoms with van der Waals surface area (Å²) in [5, 5.41) is 9.65. The predicted molar refractivity (Wildman–Crippen MR) is 56.1 cm³/mol. The van der Waals surface area contributed by atoms with E-state index in [4.69, 9.17) is 4.74 Å². The monoisotopic (exact) mass is 198 g/mol. The molecule has 2 nitrogen and oxygen atoms in total. The standard InChI is InChI=1S/C12H22O2/c1-9-2-6-11(7-3-9)14-8-12(13)10-4-5-10/h9-13H,2-8H2,1H3/t9-,11-,12?. The summed E-state index contributed by atoms with van der Waals surface area (Å²) in [6, 6.07) is 0. The van der Waals surface area contributed by atoms with Gasteiger partial charge in [-0.25, -0.2) is 0 Å². The Morgan fingerprint density at radius 2 is 1.79 bits per heavy atom. The first-order chi connectivity index (χ1) is 6.75. The summed E-state index contributed by atoms with van der Waals surface area (Å²) >= 11 is 0. The van der Waals surface area contributed by atoms with Crippen LogP contribution in [-0.2, 0) is 4.74 Å². The van der Waals surface area contributed by atoms with Gasteiger partial charge in [0.15, 0.2) is 0 Å². The zero-order valence-electron chi connectivity index (χ0n) is 9.11. The number of aliphatic hydroxyl groups is 1. The molecular weight excluding hydrogens is 176 g/mol. The van der Waals surface area contributed by atoms with E-state index in [0.717, 1.165) is 5.92 Å². The van der Waals surface area contributed by atoms with Crippen molar-refractivity contribution >= 4 is 0 Å². The van der Waals surface area contributed by atoms with Gasteiger partial charge in [0.1, 0.15) is 0 Å². The largest absolute Gasteiger partial charge is 0.390 e. The van der Waals surface area contributed by atoms with Crippen molar-refractivity contribution in [2.24, 2.45) is 11.8 Å². The summed E-state index contributed by atoms with van der Waals surface area (Å²) in [4.78, 5) is 0. The third-order valence-corrected chi connectivity index (χ3v) is 3.63. The highest BCUT2D eigenvalue weighted by Crippen LogP contribution is 2.33.